The quantitative estimate of drug-likeness (QED) is 0.798. The molecule has 2 aromatic rings. The van der Waals surface area contributed by atoms with E-state index in [2.05, 4.69) is 37.3 Å². The number of carbonyl (C=O) groups excluding carboxylic acids is 1. The highest BCUT2D eigenvalue weighted by atomic mass is 16.1. The molecule has 0 unspecified atom stereocenters. The maximum absolute atomic E-state index is 11.6. The zero-order valence-corrected chi connectivity index (χ0v) is 11.5. The van der Waals surface area contributed by atoms with Crippen molar-refractivity contribution in [3.63, 3.8) is 0 Å². The lowest BCUT2D eigenvalue weighted by atomic mass is 9.88. The van der Waals surface area contributed by atoms with Gasteiger partial charge < -0.3 is 0 Å². The SMILES string of the molecule is CCCCc1ccc2cc3c(cc2c1)CC(=O)CC3. The van der Waals surface area contributed by atoms with Gasteiger partial charge in [0.25, 0.3) is 0 Å². The standard InChI is InChI=1S/C18H20O/c1-2-3-4-13-5-6-14-10-15-7-8-18(19)12-17(15)11-16(14)9-13/h5-6,9-11H,2-4,7-8,12H2,1H3. The summed E-state index contributed by atoms with van der Waals surface area (Å²) in [7, 11) is 0. The molecule has 0 amide bonds. The number of fused-ring (bicyclic) bond motifs is 2. The number of Topliss-reactive ketones (excluding diaryl/α,β-unsaturated/α-hetero) is 1. The molecule has 0 fully saturated rings. The van der Waals surface area contributed by atoms with Gasteiger partial charge in [0.1, 0.15) is 5.78 Å². The van der Waals surface area contributed by atoms with Crippen molar-refractivity contribution in [2.75, 3.05) is 0 Å². The van der Waals surface area contributed by atoms with Crippen LogP contribution in [0, 0.1) is 0 Å². The molecule has 1 heteroatoms. The van der Waals surface area contributed by atoms with Gasteiger partial charge in [-0.05, 0) is 46.7 Å². The Morgan fingerprint density at radius 2 is 1.84 bits per heavy atom. The largest absolute Gasteiger partial charge is 0.299 e. The first-order chi connectivity index (χ1) is 9.26. The van der Waals surface area contributed by atoms with Crippen LogP contribution in [0.3, 0.4) is 0 Å². The van der Waals surface area contributed by atoms with Crippen LogP contribution in [-0.2, 0) is 24.1 Å². The van der Waals surface area contributed by atoms with Gasteiger partial charge in [-0.1, -0.05) is 43.7 Å². The summed E-state index contributed by atoms with van der Waals surface area (Å²) in [5, 5.41) is 2.61. The summed E-state index contributed by atoms with van der Waals surface area (Å²) in [5.41, 5.74) is 4.03. The molecule has 0 N–H and O–H groups in total. The lowest BCUT2D eigenvalue weighted by molar-refractivity contribution is -0.118. The first kappa shape index (κ1) is 12.4. The van der Waals surface area contributed by atoms with Crippen LogP contribution in [0.2, 0.25) is 0 Å². The van der Waals surface area contributed by atoms with E-state index in [0.29, 0.717) is 18.6 Å². The maximum Gasteiger partial charge on any atom is 0.137 e. The molecule has 1 aliphatic carbocycles. The van der Waals surface area contributed by atoms with Crippen LogP contribution in [0.25, 0.3) is 10.8 Å². The van der Waals surface area contributed by atoms with E-state index in [1.807, 2.05) is 0 Å². The molecule has 3 rings (SSSR count). The van der Waals surface area contributed by atoms with Gasteiger partial charge in [-0.15, -0.1) is 0 Å². The molecule has 0 bridgehead atoms. The maximum atomic E-state index is 11.6. The Labute approximate surface area is 114 Å². The first-order valence-corrected chi connectivity index (χ1v) is 7.32. The third kappa shape index (κ3) is 2.56. The Morgan fingerprint density at radius 1 is 1.00 bits per heavy atom. The number of benzene rings is 2. The van der Waals surface area contributed by atoms with Crippen molar-refractivity contribution in [2.45, 2.75) is 45.4 Å². The highest BCUT2D eigenvalue weighted by molar-refractivity contribution is 5.89. The van der Waals surface area contributed by atoms with E-state index in [1.165, 1.54) is 40.3 Å². The minimum Gasteiger partial charge on any atom is -0.299 e. The molecular weight excluding hydrogens is 232 g/mol. The molecule has 98 valence electrons. The summed E-state index contributed by atoms with van der Waals surface area (Å²) in [6.45, 7) is 2.23. The van der Waals surface area contributed by atoms with Crippen molar-refractivity contribution < 1.29 is 4.79 Å². The number of hydrogen-bond donors (Lipinski definition) is 0. The summed E-state index contributed by atoms with van der Waals surface area (Å²) in [6.07, 6.45) is 5.90. The van der Waals surface area contributed by atoms with Crippen LogP contribution in [-0.4, -0.2) is 5.78 Å². The zero-order chi connectivity index (χ0) is 13.2. The fourth-order valence-electron chi connectivity index (χ4n) is 2.95. The van der Waals surface area contributed by atoms with Crippen molar-refractivity contribution in [1.82, 2.24) is 0 Å². The zero-order valence-electron chi connectivity index (χ0n) is 11.5. The van der Waals surface area contributed by atoms with E-state index >= 15 is 0 Å². The predicted molar refractivity (Wildman–Crippen MR) is 79.6 cm³/mol. The minimum atomic E-state index is 0.383. The molecule has 0 radical (unpaired) electrons. The highest BCUT2D eigenvalue weighted by Gasteiger charge is 2.16. The molecule has 0 aliphatic heterocycles. The highest BCUT2D eigenvalue weighted by Crippen LogP contribution is 2.26. The summed E-state index contributed by atoms with van der Waals surface area (Å²) >= 11 is 0. The summed E-state index contributed by atoms with van der Waals surface area (Å²) in [6, 6.07) is 11.3. The van der Waals surface area contributed by atoms with Crippen LogP contribution >= 0.6 is 0 Å². The van der Waals surface area contributed by atoms with E-state index < -0.39 is 0 Å². The fourth-order valence-corrected chi connectivity index (χ4v) is 2.95. The lowest BCUT2D eigenvalue weighted by Crippen LogP contribution is -2.12. The smallest absolute Gasteiger partial charge is 0.137 e. The molecule has 1 aliphatic rings. The summed E-state index contributed by atoms with van der Waals surface area (Å²) in [4.78, 5) is 11.6. The Morgan fingerprint density at radius 3 is 2.68 bits per heavy atom. The molecule has 1 nitrogen and oxygen atoms in total. The third-order valence-electron chi connectivity index (χ3n) is 4.10. The minimum absolute atomic E-state index is 0.383. The number of carbonyl (C=O) groups is 1. The molecule has 0 heterocycles. The van der Waals surface area contributed by atoms with Gasteiger partial charge in [0, 0.05) is 12.8 Å². The van der Waals surface area contributed by atoms with Gasteiger partial charge in [0.2, 0.25) is 0 Å². The van der Waals surface area contributed by atoms with Gasteiger partial charge in [-0.25, -0.2) is 0 Å². The van der Waals surface area contributed by atoms with Crippen LogP contribution in [0.1, 0.15) is 42.9 Å². The van der Waals surface area contributed by atoms with E-state index in [4.69, 9.17) is 0 Å². The number of hydrogen-bond acceptors (Lipinski definition) is 1. The van der Waals surface area contributed by atoms with Gasteiger partial charge >= 0.3 is 0 Å². The van der Waals surface area contributed by atoms with Crippen molar-refractivity contribution in [2.24, 2.45) is 0 Å². The molecule has 2 aromatic carbocycles. The van der Waals surface area contributed by atoms with E-state index in [0.717, 1.165) is 12.8 Å². The molecule has 19 heavy (non-hydrogen) atoms. The number of unbranched alkanes of at least 4 members (excludes halogenated alkanes) is 1. The van der Waals surface area contributed by atoms with Gasteiger partial charge in [-0.3, -0.25) is 4.79 Å². The van der Waals surface area contributed by atoms with Crippen molar-refractivity contribution in [3.05, 3.63) is 47.0 Å². The second-order valence-corrected chi connectivity index (χ2v) is 5.62. The van der Waals surface area contributed by atoms with Crippen LogP contribution in [0.5, 0.6) is 0 Å². The van der Waals surface area contributed by atoms with Crippen molar-refractivity contribution >= 4 is 16.6 Å². The average Bonchev–Trinajstić information content (AvgIpc) is 2.42. The van der Waals surface area contributed by atoms with Crippen LogP contribution < -0.4 is 0 Å². The molecular formula is C18H20O. The Bertz CT molecular complexity index is 625. The summed E-state index contributed by atoms with van der Waals surface area (Å²) in [5.74, 6) is 0.383. The van der Waals surface area contributed by atoms with Gasteiger partial charge in [0.05, 0.1) is 0 Å². The van der Waals surface area contributed by atoms with E-state index in [1.54, 1.807) is 0 Å². The summed E-state index contributed by atoms with van der Waals surface area (Å²) < 4.78 is 0. The fraction of sp³-hybridized carbons (Fsp3) is 0.389. The Balaban J connectivity index is 2.00. The Kier molecular flexibility index (Phi) is 3.37. The topological polar surface area (TPSA) is 17.1 Å². The second kappa shape index (κ2) is 5.16. The first-order valence-electron chi connectivity index (χ1n) is 7.32. The van der Waals surface area contributed by atoms with Gasteiger partial charge in [-0.2, -0.15) is 0 Å². The Hall–Kier alpha value is -1.63. The lowest BCUT2D eigenvalue weighted by Gasteiger charge is -2.16. The van der Waals surface area contributed by atoms with Gasteiger partial charge in [0.15, 0.2) is 0 Å². The molecule has 0 spiro atoms. The average molecular weight is 252 g/mol. The van der Waals surface area contributed by atoms with E-state index in [-0.39, 0.29) is 0 Å². The van der Waals surface area contributed by atoms with Crippen molar-refractivity contribution in [1.29, 1.82) is 0 Å². The number of aryl methyl sites for hydroxylation is 2. The normalized spacial score (nSPS) is 14.7. The van der Waals surface area contributed by atoms with E-state index in [9.17, 15) is 4.79 Å². The monoisotopic (exact) mass is 252 g/mol. The predicted octanol–water partition coefficient (Wildman–Crippen LogP) is 4.24. The molecule has 0 atom stereocenters. The van der Waals surface area contributed by atoms with Crippen LogP contribution in [0.15, 0.2) is 30.3 Å². The molecule has 0 saturated carbocycles. The third-order valence-corrected chi connectivity index (χ3v) is 4.10. The molecule has 0 aromatic heterocycles. The number of rotatable bonds is 3. The van der Waals surface area contributed by atoms with Crippen LogP contribution in [0.4, 0.5) is 0 Å². The second-order valence-electron chi connectivity index (χ2n) is 5.62. The van der Waals surface area contributed by atoms with Crippen molar-refractivity contribution in [3.8, 4) is 0 Å². The number of ketones is 1. The molecule has 0 saturated heterocycles.